The van der Waals surface area contributed by atoms with Gasteiger partial charge in [-0.25, -0.2) is 0 Å². The van der Waals surface area contributed by atoms with Crippen LogP contribution in [0.25, 0.3) is 5.57 Å². The van der Waals surface area contributed by atoms with Crippen molar-refractivity contribution in [1.29, 1.82) is 0 Å². The van der Waals surface area contributed by atoms with E-state index in [2.05, 4.69) is 13.8 Å². The van der Waals surface area contributed by atoms with Gasteiger partial charge in [-0.1, -0.05) is 21.6 Å². The van der Waals surface area contributed by atoms with Gasteiger partial charge in [0.2, 0.25) is 5.91 Å². The van der Waals surface area contributed by atoms with Crippen LogP contribution in [0.1, 0.15) is 26.3 Å². The van der Waals surface area contributed by atoms with Crippen LogP contribution in [0.2, 0.25) is 0 Å². The molecule has 3 nitrogen and oxygen atoms in total. The number of rotatable bonds is 1. The summed E-state index contributed by atoms with van der Waals surface area (Å²) >= 11 is 0. The van der Waals surface area contributed by atoms with E-state index in [-0.39, 0.29) is 11.4 Å². The van der Waals surface area contributed by atoms with Crippen LogP contribution in [0.4, 0.5) is 5.69 Å². The molecule has 20 heavy (non-hydrogen) atoms. The Morgan fingerprint density at radius 2 is 2.15 bits per heavy atom. The van der Waals surface area contributed by atoms with Gasteiger partial charge in [0.25, 0.3) is 0 Å². The minimum atomic E-state index is -0.281. The second-order valence-electron chi connectivity index (χ2n) is 5.45. The molecule has 1 amide bonds. The van der Waals surface area contributed by atoms with Gasteiger partial charge < -0.3 is 9.64 Å². The molecular weight excluding hydrogens is 290 g/mol. The van der Waals surface area contributed by atoms with Gasteiger partial charge >= 0.3 is 0 Å². The fourth-order valence-electron chi connectivity index (χ4n) is 2.98. The van der Waals surface area contributed by atoms with Crippen LogP contribution in [0.3, 0.4) is 0 Å². The number of carbonyl (C=O) groups is 1. The summed E-state index contributed by atoms with van der Waals surface area (Å²) in [5.74, 6) is 1.89. The molecule has 0 radical (unpaired) electrons. The zero-order valence-corrected chi connectivity index (χ0v) is 13.7. The number of methoxy groups -OCH3 is 1. The number of amides is 1. The Hall–Kier alpha value is -1.07. The highest BCUT2D eigenvalue weighted by Crippen LogP contribution is 2.57. The monoisotopic (exact) mass is 307 g/mol. The Morgan fingerprint density at radius 1 is 1.40 bits per heavy atom. The second kappa shape index (κ2) is 4.74. The molecule has 0 saturated heterocycles. The molecule has 0 bridgehead atoms. The van der Waals surface area contributed by atoms with Gasteiger partial charge in [-0.2, -0.15) is 0 Å². The highest BCUT2D eigenvalue weighted by atomic mass is 33.1. The second-order valence-corrected chi connectivity index (χ2v) is 7.76. The Kier molecular flexibility index (Phi) is 3.29. The van der Waals surface area contributed by atoms with Gasteiger partial charge in [0.15, 0.2) is 0 Å². The predicted molar refractivity (Wildman–Crippen MR) is 87.2 cm³/mol. The lowest BCUT2D eigenvalue weighted by atomic mass is 9.88. The molecular formula is C15H17NO2S2. The average molecular weight is 307 g/mol. The first-order valence-electron chi connectivity index (χ1n) is 6.49. The van der Waals surface area contributed by atoms with Crippen molar-refractivity contribution in [3.63, 3.8) is 0 Å². The third-order valence-electron chi connectivity index (χ3n) is 3.82. The van der Waals surface area contributed by atoms with Crippen LogP contribution in [0.5, 0.6) is 5.75 Å². The minimum Gasteiger partial charge on any atom is -0.497 e. The highest BCUT2D eigenvalue weighted by molar-refractivity contribution is 8.78. The molecule has 2 aliphatic rings. The van der Waals surface area contributed by atoms with Crippen molar-refractivity contribution in [1.82, 2.24) is 0 Å². The summed E-state index contributed by atoms with van der Waals surface area (Å²) < 4.78 is 5.34. The maximum Gasteiger partial charge on any atom is 0.224 e. The Balaban J connectivity index is 2.27. The molecule has 0 atom stereocenters. The van der Waals surface area contributed by atoms with Crippen LogP contribution < -0.4 is 9.64 Å². The quantitative estimate of drug-likeness (QED) is 0.735. The van der Waals surface area contributed by atoms with E-state index in [1.165, 1.54) is 10.5 Å². The molecule has 0 saturated carbocycles. The molecule has 0 fully saturated rings. The number of benzene rings is 1. The van der Waals surface area contributed by atoms with Crippen LogP contribution in [0.15, 0.2) is 23.1 Å². The molecule has 106 valence electrons. The third-order valence-corrected chi connectivity index (χ3v) is 6.46. The number of hydrogen-bond acceptors (Lipinski definition) is 4. The van der Waals surface area contributed by atoms with E-state index in [1.54, 1.807) is 24.8 Å². The topological polar surface area (TPSA) is 29.5 Å². The molecule has 0 spiro atoms. The molecule has 2 aliphatic heterocycles. The molecule has 0 unspecified atom stereocenters. The molecule has 5 heteroatoms. The average Bonchev–Trinajstić information content (AvgIpc) is 2.88. The lowest BCUT2D eigenvalue weighted by molar-refractivity contribution is -0.117. The zero-order chi connectivity index (χ0) is 14.5. The molecule has 3 rings (SSSR count). The van der Waals surface area contributed by atoms with E-state index in [0.29, 0.717) is 0 Å². The lowest BCUT2D eigenvalue weighted by Gasteiger charge is -2.43. The number of ether oxygens (including phenoxy) is 1. The Labute approximate surface area is 127 Å². The molecule has 2 heterocycles. The summed E-state index contributed by atoms with van der Waals surface area (Å²) in [5, 5.41) is 0. The van der Waals surface area contributed by atoms with Gasteiger partial charge in [-0.15, -0.1) is 0 Å². The molecule has 0 N–H and O–H groups in total. The van der Waals surface area contributed by atoms with E-state index in [4.69, 9.17) is 4.74 Å². The molecule has 1 aromatic carbocycles. The van der Waals surface area contributed by atoms with Crippen molar-refractivity contribution < 1.29 is 9.53 Å². The lowest BCUT2D eigenvalue weighted by Crippen LogP contribution is -2.50. The number of nitrogens with zero attached hydrogens (tertiary/aromatic N) is 1. The molecule has 1 aromatic rings. The standard InChI is InChI=1S/C15H17NO2S2/c1-9(17)16-13-6-5-10(18-4)7-11(13)12-8-19-20-14(12)15(16,2)3/h5-7H,8H2,1-4H3. The summed E-state index contributed by atoms with van der Waals surface area (Å²) in [6, 6.07) is 5.96. The number of anilines is 1. The van der Waals surface area contributed by atoms with E-state index < -0.39 is 0 Å². The minimum absolute atomic E-state index is 0.0745. The largest absolute Gasteiger partial charge is 0.497 e. The summed E-state index contributed by atoms with van der Waals surface area (Å²) in [6.45, 7) is 5.87. The normalized spacial score (nSPS) is 19.7. The van der Waals surface area contributed by atoms with Gasteiger partial charge in [0.1, 0.15) is 5.75 Å². The number of hydrogen-bond donors (Lipinski definition) is 0. The van der Waals surface area contributed by atoms with E-state index in [1.807, 2.05) is 33.9 Å². The van der Waals surface area contributed by atoms with Crippen molar-refractivity contribution in [3.05, 3.63) is 28.7 Å². The third kappa shape index (κ3) is 1.87. The Bertz CT molecular complexity index is 622. The summed E-state index contributed by atoms with van der Waals surface area (Å²) in [7, 11) is 5.30. The maximum absolute atomic E-state index is 12.2. The van der Waals surface area contributed by atoms with Crippen molar-refractivity contribution in [2.75, 3.05) is 17.8 Å². The van der Waals surface area contributed by atoms with Crippen molar-refractivity contribution in [2.24, 2.45) is 0 Å². The van der Waals surface area contributed by atoms with Crippen molar-refractivity contribution >= 4 is 38.8 Å². The van der Waals surface area contributed by atoms with Gasteiger partial charge in [-0.3, -0.25) is 4.79 Å². The fraction of sp³-hybridized carbons (Fsp3) is 0.400. The predicted octanol–water partition coefficient (Wildman–Crippen LogP) is 3.95. The maximum atomic E-state index is 12.2. The highest BCUT2D eigenvalue weighted by Gasteiger charge is 2.43. The SMILES string of the molecule is COc1ccc2c(c1)C1=C(SSC1)C(C)(C)N2C(C)=O. The van der Waals surface area contributed by atoms with Crippen LogP contribution in [0, 0.1) is 0 Å². The van der Waals surface area contributed by atoms with E-state index in [9.17, 15) is 4.79 Å². The van der Waals surface area contributed by atoms with Gasteiger partial charge in [-0.05, 0) is 37.6 Å². The fourth-order valence-corrected chi connectivity index (χ4v) is 6.04. The summed E-state index contributed by atoms with van der Waals surface area (Å²) in [5.41, 5.74) is 3.18. The van der Waals surface area contributed by atoms with E-state index in [0.717, 1.165) is 22.8 Å². The zero-order valence-electron chi connectivity index (χ0n) is 12.0. The molecule has 0 aliphatic carbocycles. The van der Waals surface area contributed by atoms with Crippen LogP contribution in [-0.2, 0) is 4.79 Å². The van der Waals surface area contributed by atoms with E-state index >= 15 is 0 Å². The van der Waals surface area contributed by atoms with Crippen molar-refractivity contribution in [2.45, 2.75) is 26.3 Å². The van der Waals surface area contributed by atoms with Crippen LogP contribution in [-0.4, -0.2) is 24.3 Å². The number of fused-ring (bicyclic) bond motifs is 2. The van der Waals surface area contributed by atoms with Gasteiger partial charge in [0.05, 0.1) is 18.3 Å². The first-order valence-corrected chi connectivity index (χ1v) is 8.81. The summed E-state index contributed by atoms with van der Waals surface area (Å²) in [4.78, 5) is 15.4. The van der Waals surface area contributed by atoms with Gasteiger partial charge in [0, 0.05) is 23.1 Å². The summed E-state index contributed by atoms with van der Waals surface area (Å²) in [6.07, 6.45) is 0. The number of carbonyl (C=O) groups excluding carboxylic acids is 1. The first-order chi connectivity index (χ1) is 9.46. The van der Waals surface area contributed by atoms with Crippen LogP contribution >= 0.6 is 21.6 Å². The first kappa shape index (κ1) is 13.9. The smallest absolute Gasteiger partial charge is 0.224 e. The van der Waals surface area contributed by atoms with Crippen molar-refractivity contribution in [3.8, 4) is 5.75 Å². The Morgan fingerprint density at radius 3 is 2.80 bits per heavy atom. The molecule has 0 aromatic heterocycles.